The van der Waals surface area contributed by atoms with Crippen molar-refractivity contribution >= 4 is 5.78 Å². The van der Waals surface area contributed by atoms with Gasteiger partial charge in [-0.3, -0.25) is 4.79 Å². The van der Waals surface area contributed by atoms with E-state index in [4.69, 9.17) is 0 Å². The van der Waals surface area contributed by atoms with Crippen molar-refractivity contribution in [1.29, 1.82) is 0 Å². The summed E-state index contributed by atoms with van der Waals surface area (Å²) in [6, 6.07) is 0. The summed E-state index contributed by atoms with van der Waals surface area (Å²) in [6.07, 6.45) is 14.7. The summed E-state index contributed by atoms with van der Waals surface area (Å²) >= 11 is 0. The number of fused-ring (bicyclic) bond motifs is 2. The predicted octanol–water partition coefficient (Wildman–Crippen LogP) is 5.38. The number of carbonyl (C=O) groups excluding carboxylic acids is 1. The van der Waals surface area contributed by atoms with Gasteiger partial charge in [0.15, 0.2) is 5.78 Å². The van der Waals surface area contributed by atoms with Gasteiger partial charge in [0, 0.05) is 6.42 Å². The second-order valence-corrected chi connectivity index (χ2v) is 7.00. The van der Waals surface area contributed by atoms with Crippen LogP contribution in [0.25, 0.3) is 0 Å². The highest BCUT2D eigenvalue weighted by Crippen LogP contribution is 2.54. The predicted molar refractivity (Wildman–Crippen MR) is 88.0 cm³/mol. The zero-order valence-corrected chi connectivity index (χ0v) is 13.7. The topological polar surface area (TPSA) is 17.1 Å². The molecule has 0 spiro atoms. The van der Waals surface area contributed by atoms with Gasteiger partial charge in [-0.2, -0.15) is 0 Å². The molecule has 114 valence electrons. The van der Waals surface area contributed by atoms with E-state index in [1.807, 2.05) is 6.08 Å². The quantitative estimate of drug-likeness (QED) is 0.679. The molecule has 21 heavy (non-hydrogen) atoms. The summed E-state index contributed by atoms with van der Waals surface area (Å²) in [5, 5.41) is 0. The summed E-state index contributed by atoms with van der Waals surface area (Å²) < 4.78 is 0. The van der Waals surface area contributed by atoms with Crippen molar-refractivity contribution in [2.75, 3.05) is 0 Å². The molecule has 0 fully saturated rings. The minimum absolute atomic E-state index is 0.330. The zero-order valence-electron chi connectivity index (χ0n) is 13.7. The van der Waals surface area contributed by atoms with Gasteiger partial charge in [-0.25, -0.2) is 0 Å². The third-order valence-electron chi connectivity index (χ3n) is 6.39. The SMILES string of the molecule is CCC1[C@@H]2CCC3=CC(=O)CCC3=C2C=CC1(CC)CC. The molecular formula is C20H28O. The Labute approximate surface area is 129 Å². The van der Waals surface area contributed by atoms with Crippen molar-refractivity contribution in [3.8, 4) is 0 Å². The van der Waals surface area contributed by atoms with Gasteiger partial charge in [-0.15, -0.1) is 0 Å². The molecule has 0 aliphatic heterocycles. The summed E-state index contributed by atoms with van der Waals surface area (Å²) in [5.41, 5.74) is 4.83. The standard InChI is InChI=1S/C20H28O/c1-4-19-18-9-7-14-13-15(21)8-10-16(14)17(18)11-12-20(19,5-2)6-3/h11-13,18-19H,4-10H2,1-3H3/t18-,19?/m1/s1. The maximum atomic E-state index is 11.7. The van der Waals surface area contributed by atoms with Gasteiger partial charge >= 0.3 is 0 Å². The van der Waals surface area contributed by atoms with Gasteiger partial charge in [-0.05, 0) is 72.2 Å². The Kier molecular flexibility index (Phi) is 3.94. The first-order chi connectivity index (χ1) is 10.1. The van der Waals surface area contributed by atoms with Gasteiger partial charge in [0.1, 0.15) is 0 Å². The molecule has 2 atom stereocenters. The summed E-state index contributed by atoms with van der Waals surface area (Å²) in [6.45, 7) is 7.06. The molecule has 0 saturated carbocycles. The van der Waals surface area contributed by atoms with Crippen molar-refractivity contribution in [1.82, 2.24) is 0 Å². The molecular weight excluding hydrogens is 256 g/mol. The lowest BCUT2D eigenvalue weighted by atomic mass is 9.56. The van der Waals surface area contributed by atoms with Gasteiger partial charge in [0.2, 0.25) is 0 Å². The molecule has 3 rings (SSSR count). The largest absolute Gasteiger partial charge is 0.295 e. The summed E-state index contributed by atoms with van der Waals surface area (Å²) in [4.78, 5) is 11.7. The minimum atomic E-state index is 0.330. The molecule has 0 radical (unpaired) electrons. The van der Waals surface area contributed by atoms with Gasteiger partial charge in [-0.1, -0.05) is 39.3 Å². The average molecular weight is 284 g/mol. The van der Waals surface area contributed by atoms with E-state index < -0.39 is 0 Å². The smallest absolute Gasteiger partial charge is 0.156 e. The van der Waals surface area contributed by atoms with Gasteiger partial charge < -0.3 is 0 Å². The van der Waals surface area contributed by atoms with Crippen molar-refractivity contribution in [3.05, 3.63) is 34.9 Å². The van der Waals surface area contributed by atoms with Crippen LogP contribution in [0.5, 0.6) is 0 Å². The Balaban J connectivity index is 2.08. The first-order valence-electron chi connectivity index (χ1n) is 8.81. The normalized spacial score (nSPS) is 30.8. The first kappa shape index (κ1) is 14.8. The van der Waals surface area contributed by atoms with E-state index in [2.05, 4.69) is 32.9 Å². The monoisotopic (exact) mass is 284 g/mol. The number of carbonyl (C=O) groups is 1. The molecule has 3 aliphatic rings. The Morgan fingerprint density at radius 1 is 1.14 bits per heavy atom. The van der Waals surface area contributed by atoms with E-state index in [0.717, 1.165) is 24.7 Å². The second-order valence-electron chi connectivity index (χ2n) is 7.00. The number of rotatable bonds is 3. The van der Waals surface area contributed by atoms with Crippen molar-refractivity contribution < 1.29 is 4.79 Å². The molecule has 0 aromatic carbocycles. The lowest BCUT2D eigenvalue weighted by molar-refractivity contribution is -0.114. The fraction of sp³-hybridized carbons (Fsp3) is 0.650. The Morgan fingerprint density at radius 2 is 1.90 bits per heavy atom. The van der Waals surface area contributed by atoms with Crippen LogP contribution in [-0.4, -0.2) is 5.78 Å². The van der Waals surface area contributed by atoms with E-state index in [0.29, 0.717) is 17.6 Å². The van der Waals surface area contributed by atoms with Crippen molar-refractivity contribution in [2.45, 2.75) is 65.7 Å². The van der Waals surface area contributed by atoms with E-state index >= 15 is 0 Å². The van der Waals surface area contributed by atoms with Crippen molar-refractivity contribution in [2.24, 2.45) is 17.3 Å². The molecule has 0 bridgehead atoms. The van der Waals surface area contributed by atoms with E-state index in [9.17, 15) is 4.79 Å². The van der Waals surface area contributed by atoms with Crippen molar-refractivity contribution in [3.63, 3.8) is 0 Å². The maximum Gasteiger partial charge on any atom is 0.156 e. The third-order valence-corrected chi connectivity index (χ3v) is 6.39. The van der Waals surface area contributed by atoms with E-state index in [-0.39, 0.29) is 0 Å². The molecule has 1 nitrogen and oxygen atoms in total. The highest BCUT2D eigenvalue weighted by atomic mass is 16.1. The van der Waals surface area contributed by atoms with Crippen LogP contribution in [0.4, 0.5) is 0 Å². The molecule has 0 aromatic rings. The molecule has 0 N–H and O–H groups in total. The van der Waals surface area contributed by atoms with Crippen LogP contribution < -0.4 is 0 Å². The fourth-order valence-corrected chi connectivity index (χ4v) is 5.13. The lowest BCUT2D eigenvalue weighted by Crippen LogP contribution is -2.38. The van der Waals surface area contributed by atoms with E-state index in [1.54, 1.807) is 5.57 Å². The number of allylic oxidation sites excluding steroid dienone is 6. The molecule has 1 unspecified atom stereocenters. The third kappa shape index (κ3) is 2.25. The van der Waals surface area contributed by atoms with E-state index in [1.165, 1.54) is 36.8 Å². The van der Waals surface area contributed by atoms with Gasteiger partial charge in [0.05, 0.1) is 0 Å². The van der Waals surface area contributed by atoms with Crippen LogP contribution >= 0.6 is 0 Å². The summed E-state index contributed by atoms with van der Waals surface area (Å²) in [5.74, 6) is 1.83. The maximum absolute atomic E-state index is 11.7. The van der Waals surface area contributed by atoms with Crippen LogP contribution in [0, 0.1) is 17.3 Å². The highest BCUT2D eigenvalue weighted by molar-refractivity contribution is 5.93. The number of ketones is 1. The fourth-order valence-electron chi connectivity index (χ4n) is 5.13. The number of hydrogen-bond acceptors (Lipinski definition) is 1. The van der Waals surface area contributed by atoms with Crippen LogP contribution in [0.1, 0.15) is 65.7 Å². The molecule has 3 aliphatic carbocycles. The molecule has 0 aromatic heterocycles. The van der Waals surface area contributed by atoms with Crippen LogP contribution in [-0.2, 0) is 4.79 Å². The Bertz CT molecular complexity index is 528. The number of hydrogen-bond donors (Lipinski definition) is 0. The highest BCUT2D eigenvalue weighted by Gasteiger charge is 2.43. The van der Waals surface area contributed by atoms with Crippen LogP contribution in [0.2, 0.25) is 0 Å². The van der Waals surface area contributed by atoms with Crippen LogP contribution in [0.15, 0.2) is 34.9 Å². The minimum Gasteiger partial charge on any atom is -0.295 e. The Hall–Kier alpha value is -1.11. The second kappa shape index (κ2) is 5.59. The van der Waals surface area contributed by atoms with Gasteiger partial charge in [0.25, 0.3) is 0 Å². The zero-order chi connectivity index (χ0) is 15.0. The molecule has 0 saturated heterocycles. The first-order valence-corrected chi connectivity index (χ1v) is 8.81. The Morgan fingerprint density at radius 3 is 2.57 bits per heavy atom. The summed E-state index contributed by atoms with van der Waals surface area (Å²) in [7, 11) is 0. The van der Waals surface area contributed by atoms with Crippen LogP contribution in [0.3, 0.4) is 0 Å². The lowest BCUT2D eigenvalue weighted by Gasteiger charge is -2.48. The molecule has 0 heterocycles. The molecule has 0 amide bonds. The average Bonchev–Trinajstić information content (AvgIpc) is 2.52. The molecule has 1 heteroatoms.